The fraction of sp³-hybridized carbons (Fsp3) is 0.467. The van der Waals surface area contributed by atoms with Crippen molar-refractivity contribution in [3.63, 3.8) is 0 Å². The van der Waals surface area contributed by atoms with Gasteiger partial charge in [-0.3, -0.25) is 9.79 Å². The average molecular weight is 293 g/mol. The topological polar surface area (TPSA) is 72.0 Å². The molecule has 6 nitrogen and oxygen atoms in total. The molecule has 0 aliphatic carbocycles. The van der Waals surface area contributed by atoms with Crippen LogP contribution < -0.4 is 15.4 Å². The highest BCUT2D eigenvalue weighted by atomic mass is 16.5. The lowest BCUT2D eigenvalue weighted by atomic mass is 10.2. The van der Waals surface area contributed by atoms with Gasteiger partial charge in [-0.1, -0.05) is 19.1 Å². The van der Waals surface area contributed by atoms with Crippen molar-refractivity contribution >= 4 is 11.9 Å². The average Bonchev–Trinajstić information content (AvgIpc) is 2.54. The van der Waals surface area contributed by atoms with Crippen LogP contribution in [0.25, 0.3) is 0 Å². The van der Waals surface area contributed by atoms with Gasteiger partial charge in [-0.2, -0.15) is 0 Å². The van der Waals surface area contributed by atoms with E-state index >= 15 is 0 Å². The first kappa shape index (κ1) is 16.8. The molecule has 0 heterocycles. The van der Waals surface area contributed by atoms with Gasteiger partial charge in [-0.25, -0.2) is 0 Å². The number of carbonyl (C=O) groups excluding carboxylic acids is 1. The van der Waals surface area contributed by atoms with Gasteiger partial charge < -0.3 is 20.1 Å². The minimum absolute atomic E-state index is 0.227. The number of guanidine groups is 1. The predicted octanol–water partition coefficient (Wildman–Crippen LogP) is 1.17. The molecule has 1 aromatic rings. The molecule has 0 amide bonds. The molecule has 6 heteroatoms. The van der Waals surface area contributed by atoms with Gasteiger partial charge >= 0.3 is 5.97 Å². The number of nitrogens with zero attached hydrogens (tertiary/aromatic N) is 1. The monoisotopic (exact) mass is 293 g/mol. The zero-order valence-electron chi connectivity index (χ0n) is 13.0. The van der Waals surface area contributed by atoms with E-state index in [1.807, 2.05) is 24.3 Å². The molecular formula is C15H23N3O3. The molecular weight excluding hydrogens is 270 g/mol. The summed E-state index contributed by atoms with van der Waals surface area (Å²) in [6.45, 7) is 2.90. The van der Waals surface area contributed by atoms with Crippen LogP contribution >= 0.6 is 0 Å². The Balaban J connectivity index is 2.42. The molecule has 0 bridgehead atoms. The standard InChI is InChI=1S/C15H23N3O3/c1-11(14(19)21-4)9-17-15(16-2)18-10-12-5-7-13(20-3)8-6-12/h5-8,11H,9-10H2,1-4H3,(H2,16,17,18). The summed E-state index contributed by atoms with van der Waals surface area (Å²) in [4.78, 5) is 15.4. The molecule has 1 rings (SSSR count). The maximum absolute atomic E-state index is 11.3. The number of hydrogen-bond donors (Lipinski definition) is 2. The Kier molecular flexibility index (Phi) is 7.08. The maximum atomic E-state index is 11.3. The predicted molar refractivity (Wildman–Crippen MR) is 82.4 cm³/mol. The number of methoxy groups -OCH3 is 2. The van der Waals surface area contributed by atoms with Gasteiger partial charge in [0.1, 0.15) is 5.75 Å². The first-order valence-corrected chi connectivity index (χ1v) is 6.76. The minimum Gasteiger partial charge on any atom is -0.497 e. The van der Waals surface area contributed by atoms with E-state index in [1.165, 1.54) is 7.11 Å². The number of ether oxygens (including phenoxy) is 2. The molecule has 2 N–H and O–H groups in total. The van der Waals surface area contributed by atoms with Crippen molar-refractivity contribution in [1.29, 1.82) is 0 Å². The Morgan fingerprint density at radius 1 is 1.24 bits per heavy atom. The van der Waals surface area contributed by atoms with E-state index in [9.17, 15) is 4.79 Å². The fourth-order valence-electron chi connectivity index (χ4n) is 1.68. The van der Waals surface area contributed by atoms with Gasteiger partial charge in [0.2, 0.25) is 0 Å². The molecule has 0 saturated heterocycles. The highest BCUT2D eigenvalue weighted by Gasteiger charge is 2.13. The lowest BCUT2D eigenvalue weighted by Gasteiger charge is -2.14. The zero-order chi connectivity index (χ0) is 15.7. The lowest BCUT2D eigenvalue weighted by molar-refractivity contribution is -0.144. The maximum Gasteiger partial charge on any atom is 0.310 e. The normalized spacial score (nSPS) is 12.5. The first-order valence-electron chi connectivity index (χ1n) is 6.76. The van der Waals surface area contributed by atoms with Crippen molar-refractivity contribution in [3.05, 3.63) is 29.8 Å². The number of nitrogens with one attached hydrogen (secondary N) is 2. The van der Waals surface area contributed by atoms with E-state index in [4.69, 9.17) is 4.74 Å². The molecule has 1 atom stereocenters. The van der Waals surface area contributed by atoms with E-state index in [2.05, 4.69) is 20.4 Å². The van der Waals surface area contributed by atoms with Crippen LogP contribution in [0.5, 0.6) is 5.75 Å². The van der Waals surface area contributed by atoms with E-state index in [-0.39, 0.29) is 11.9 Å². The summed E-state index contributed by atoms with van der Waals surface area (Å²) in [6, 6.07) is 7.78. The quantitative estimate of drug-likeness (QED) is 0.468. The second-order valence-corrected chi connectivity index (χ2v) is 4.58. The summed E-state index contributed by atoms with van der Waals surface area (Å²) in [7, 11) is 4.71. The Labute approximate surface area is 125 Å². The molecule has 0 aromatic heterocycles. The van der Waals surface area contributed by atoms with Crippen LogP contribution in [-0.4, -0.2) is 39.7 Å². The van der Waals surface area contributed by atoms with Crippen LogP contribution in [0, 0.1) is 5.92 Å². The molecule has 0 aliphatic heterocycles. The third kappa shape index (κ3) is 5.72. The Morgan fingerprint density at radius 2 is 1.90 bits per heavy atom. The van der Waals surface area contributed by atoms with Crippen molar-refractivity contribution < 1.29 is 14.3 Å². The number of hydrogen-bond acceptors (Lipinski definition) is 4. The Bertz CT molecular complexity index is 472. The third-order valence-electron chi connectivity index (χ3n) is 3.02. The van der Waals surface area contributed by atoms with Gasteiger partial charge in [0, 0.05) is 20.1 Å². The van der Waals surface area contributed by atoms with Gasteiger partial charge in [0.05, 0.1) is 20.1 Å². The van der Waals surface area contributed by atoms with E-state index in [1.54, 1.807) is 21.1 Å². The van der Waals surface area contributed by atoms with E-state index in [0.29, 0.717) is 19.0 Å². The van der Waals surface area contributed by atoms with Crippen LogP contribution in [0.1, 0.15) is 12.5 Å². The van der Waals surface area contributed by atoms with E-state index in [0.717, 1.165) is 11.3 Å². The molecule has 0 radical (unpaired) electrons. The van der Waals surface area contributed by atoms with Crippen molar-refractivity contribution in [1.82, 2.24) is 10.6 Å². The molecule has 116 valence electrons. The van der Waals surface area contributed by atoms with Crippen LogP contribution in [0.3, 0.4) is 0 Å². The summed E-state index contributed by atoms with van der Waals surface area (Å²) >= 11 is 0. The number of carbonyl (C=O) groups is 1. The number of benzene rings is 1. The second-order valence-electron chi connectivity index (χ2n) is 4.58. The minimum atomic E-state index is -0.242. The van der Waals surface area contributed by atoms with Crippen molar-refractivity contribution in [2.24, 2.45) is 10.9 Å². The van der Waals surface area contributed by atoms with Gasteiger partial charge in [0.25, 0.3) is 0 Å². The van der Waals surface area contributed by atoms with Crippen LogP contribution in [0.15, 0.2) is 29.3 Å². The molecule has 0 spiro atoms. The summed E-state index contributed by atoms with van der Waals surface area (Å²) < 4.78 is 9.79. The van der Waals surface area contributed by atoms with Gasteiger partial charge in [-0.15, -0.1) is 0 Å². The number of rotatable bonds is 6. The third-order valence-corrected chi connectivity index (χ3v) is 3.02. The molecule has 21 heavy (non-hydrogen) atoms. The van der Waals surface area contributed by atoms with Crippen molar-refractivity contribution in [2.45, 2.75) is 13.5 Å². The summed E-state index contributed by atoms with van der Waals surface area (Å²) in [6.07, 6.45) is 0. The molecule has 0 aliphatic rings. The summed E-state index contributed by atoms with van der Waals surface area (Å²) in [5.41, 5.74) is 1.11. The highest BCUT2D eigenvalue weighted by Crippen LogP contribution is 2.10. The molecule has 0 fully saturated rings. The summed E-state index contributed by atoms with van der Waals surface area (Å²) in [5.74, 6) is 0.998. The Morgan fingerprint density at radius 3 is 2.43 bits per heavy atom. The lowest BCUT2D eigenvalue weighted by Crippen LogP contribution is -2.40. The van der Waals surface area contributed by atoms with Crippen molar-refractivity contribution in [3.8, 4) is 5.75 Å². The SMILES string of the molecule is CN=C(NCc1ccc(OC)cc1)NCC(C)C(=O)OC. The number of esters is 1. The van der Waals surface area contributed by atoms with Gasteiger partial charge in [-0.05, 0) is 17.7 Å². The van der Waals surface area contributed by atoms with Gasteiger partial charge in [0.15, 0.2) is 5.96 Å². The second kappa shape index (κ2) is 8.84. The van der Waals surface area contributed by atoms with Crippen LogP contribution in [-0.2, 0) is 16.1 Å². The number of aliphatic imine (C=N–C) groups is 1. The molecule has 1 aromatic carbocycles. The first-order chi connectivity index (χ1) is 10.1. The molecule has 1 unspecified atom stereocenters. The highest BCUT2D eigenvalue weighted by molar-refractivity contribution is 5.80. The summed E-state index contributed by atoms with van der Waals surface area (Å²) in [5, 5.41) is 6.27. The largest absolute Gasteiger partial charge is 0.497 e. The van der Waals surface area contributed by atoms with Crippen molar-refractivity contribution in [2.75, 3.05) is 27.8 Å². The van der Waals surface area contributed by atoms with Crippen LogP contribution in [0.2, 0.25) is 0 Å². The van der Waals surface area contributed by atoms with E-state index < -0.39 is 0 Å². The Hall–Kier alpha value is -2.24. The zero-order valence-corrected chi connectivity index (χ0v) is 13.0. The van der Waals surface area contributed by atoms with Crippen LogP contribution in [0.4, 0.5) is 0 Å². The fourth-order valence-corrected chi connectivity index (χ4v) is 1.68. The smallest absolute Gasteiger partial charge is 0.310 e. The molecule has 0 saturated carbocycles.